The van der Waals surface area contributed by atoms with Crippen molar-refractivity contribution in [2.45, 2.75) is 32.2 Å². The highest BCUT2D eigenvalue weighted by Crippen LogP contribution is 2.33. The summed E-state index contributed by atoms with van der Waals surface area (Å²) in [6.45, 7) is 2.68. The van der Waals surface area contributed by atoms with Gasteiger partial charge in [-0.3, -0.25) is 14.5 Å². The van der Waals surface area contributed by atoms with Crippen LogP contribution in [0, 0.1) is 5.82 Å². The number of nitrogens with zero attached hydrogens (tertiary/aromatic N) is 3. The maximum Gasteiger partial charge on any atom is 0.259 e. The van der Waals surface area contributed by atoms with Crippen LogP contribution in [-0.2, 0) is 19.4 Å². The number of nitrogens with one attached hydrogen (secondary N) is 1. The first-order valence-corrected chi connectivity index (χ1v) is 12.2. The third kappa shape index (κ3) is 4.05. The molecule has 1 aliphatic carbocycles. The van der Waals surface area contributed by atoms with E-state index < -0.39 is 5.82 Å². The molecule has 0 spiro atoms. The lowest BCUT2D eigenvalue weighted by molar-refractivity contribution is 0.0625. The summed E-state index contributed by atoms with van der Waals surface area (Å²) >= 11 is 13.5. The standard InChI is InChI=1S/C22H21Cl2FN4O2S/c23-14-10-15(24)16(25)9-13(14)22(31)29-7-5-28(6-8-29)11-18-26-20(30)19-12-3-1-2-4-17(12)32-21(19)27-18/h9-10H,1-8,11H2,(H,26,27,30). The lowest BCUT2D eigenvalue weighted by Crippen LogP contribution is -2.48. The Morgan fingerprint density at radius 3 is 2.66 bits per heavy atom. The summed E-state index contributed by atoms with van der Waals surface area (Å²) < 4.78 is 13.8. The van der Waals surface area contributed by atoms with Gasteiger partial charge in [0.1, 0.15) is 16.5 Å². The van der Waals surface area contributed by atoms with Crippen molar-refractivity contribution >= 4 is 50.7 Å². The van der Waals surface area contributed by atoms with Crippen molar-refractivity contribution in [2.75, 3.05) is 26.2 Å². The third-order valence-corrected chi connectivity index (χ3v) is 7.94. The van der Waals surface area contributed by atoms with Crippen LogP contribution in [0.1, 0.15) is 39.5 Å². The number of aryl methyl sites for hydroxylation is 2. The van der Waals surface area contributed by atoms with Crippen LogP contribution in [0.4, 0.5) is 4.39 Å². The van der Waals surface area contributed by atoms with Crippen LogP contribution < -0.4 is 5.56 Å². The predicted molar refractivity (Wildman–Crippen MR) is 124 cm³/mol. The van der Waals surface area contributed by atoms with E-state index in [-0.39, 0.29) is 27.1 Å². The van der Waals surface area contributed by atoms with Gasteiger partial charge in [0.25, 0.3) is 11.5 Å². The van der Waals surface area contributed by atoms with Crippen LogP contribution in [0.25, 0.3) is 10.2 Å². The fourth-order valence-corrected chi connectivity index (χ4v) is 6.21. The first-order chi connectivity index (χ1) is 15.4. The van der Waals surface area contributed by atoms with Crippen molar-refractivity contribution < 1.29 is 9.18 Å². The van der Waals surface area contributed by atoms with Crippen molar-refractivity contribution in [3.05, 3.63) is 60.2 Å². The Balaban J connectivity index is 1.27. The largest absolute Gasteiger partial charge is 0.336 e. The van der Waals surface area contributed by atoms with Crippen LogP contribution in [0.5, 0.6) is 0 Å². The SMILES string of the molecule is O=C(c1cc(F)c(Cl)cc1Cl)N1CCN(Cc2nc3sc4c(c3c(=O)[nH]2)CCCC4)CC1. The molecule has 0 bridgehead atoms. The number of carbonyl (C=O) groups excluding carboxylic acids is 1. The quantitative estimate of drug-likeness (QED) is 0.552. The predicted octanol–water partition coefficient (Wildman–Crippen LogP) is 4.27. The minimum atomic E-state index is -0.668. The zero-order chi connectivity index (χ0) is 22.4. The van der Waals surface area contributed by atoms with Gasteiger partial charge in [-0.25, -0.2) is 9.37 Å². The molecular weight excluding hydrogens is 474 g/mol. The van der Waals surface area contributed by atoms with E-state index in [1.807, 2.05) is 0 Å². The maximum atomic E-state index is 13.8. The minimum Gasteiger partial charge on any atom is -0.336 e. The van der Waals surface area contributed by atoms with E-state index in [2.05, 4.69) is 9.88 Å². The summed E-state index contributed by atoms with van der Waals surface area (Å²) in [6, 6.07) is 2.34. The van der Waals surface area contributed by atoms with Crippen molar-refractivity contribution in [3.8, 4) is 0 Å². The monoisotopic (exact) mass is 494 g/mol. The molecule has 1 fully saturated rings. The summed E-state index contributed by atoms with van der Waals surface area (Å²) in [5, 5.41) is 0.787. The number of piperazine rings is 1. The Morgan fingerprint density at radius 1 is 1.12 bits per heavy atom. The second kappa shape index (κ2) is 8.74. The second-order valence-corrected chi connectivity index (χ2v) is 10.1. The molecule has 32 heavy (non-hydrogen) atoms. The summed E-state index contributed by atoms with van der Waals surface area (Å²) in [4.78, 5) is 39.1. The van der Waals surface area contributed by atoms with E-state index in [0.717, 1.165) is 35.5 Å². The van der Waals surface area contributed by atoms with Gasteiger partial charge in [0.15, 0.2) is 0 Å². The fraction of sp³-hybridized carbons (Fsp3) is 0.409. The number of hydrogen-bond donors (Lipinski definition) is 1. The van der Waals surface area contributed by atoms with Crippen molar-refractivity contribution in [1.29, 1.82) is 0 Å². The van der Waals surface area contributed by atoms with Gasteiger partial charge >= 0.3 is 0 Å². The van der Waals surface area contributed by atoms with E-state index in [9.17, 15) is 14.0 Å². The number of hydrogen-bond acceptors (Lipinski definition) is 5. The third-order valence-electron chi connectivity index (χ3n) is 6.15. The van der Waals surface area contributed by atoms with E-state index in [0.29, 0.717) is 38.5 Å². The van der Waals surface area contributed by atoms with E-state index in [1.54, 1.807) is 16.2 Å². The molecule has 1 N–H and O–H groups in total. The number of aromatic amines is 1. The van der Waals surface area contributed by atoms with Crippen LogP contribution in [0.3, 0.4) is 0 Å². The number of H-pyrrole nitrogens is 1. The molecule has 2 aromatic heterocycles. The molecule has 5 rings (SSSR count). The molecule has 0 unspecified atom stereocenters. The molecule has 10 heteroatoms. The van der Waals surface area contributed by atoms with Gasteiger partial charge in [-0.05, 0) is 43.4 Å². The summed E-state index contributed by atoms with van der Waals surface area (Å²) in [5.41, 5.74) is 1.23. The molecule has 6 nitrogen and oxygen atoms in total. The van der Waals surface area contributed by atoms with Crippen LogP contribution in [0.15, 0.2) is 16.9 Å². The zero-order valence-corrected chi connectivity index (χ0v) is 19.5. The van der Waals surface area contributed by atoms with Crippen LogP contribution in [-0.4, -0.2) is 51.9 Å². The highest BCUT2D eigenvalue weighted by atomic mass is 35.5. The van der Waals surface area contributed by atoms with E-state index in [4.69, 9.17) is 28.2 Å². The number of carbonyl (C=O) groups is 1. The molecule has 0 radical (unpaired) electrons. The smallest absolute Gasteiger partial charge is 0.259 e. The van der Waals surface area contributed by atoms with Gasteiger partial charge in [0.2, 0.25) is 0 Å². The molecule has 1 saturated heterocycles. The number of thiophene rings is 1. The average Bonchev–Trinajstić information content (AvgIpc) is 3.15. The van der Waals surface area contributed by atoms with Crippen molar-refractivity contribution in [1.82, 2.24) is 19.8 Å². The Labute approximate surface area is 198 Å². The number of fused-ring (bicyclic) bond motifs is 3. The molecule has 1 amide bonds. The van der Waals surface area contributed by atoms with Gasteiger partial charge < -0.3 is 9.88 Å². The number of benzene rings is 1. The molecule has 3 heterocycles. The van der Waals surface area contributed by atoms with Crippen molar-refractivity contribution in [2.24, 2.45) is 0 Å². The Hall–Kier alpha value is -2.00. The van der Waals surface area contributed by atoms with Gasteiger partial charge in [0.05, 0.1) is 27.5 Å². The number of rotatable bonds is 3. The zero-order valence-electron chi connectivity index (χ0n) is 17.2. The fourth-order valence-electron chi connectivity index (χ4n) is 4.46. The molecule has 1 aliphatic heterocycles. The van der Waals surface area contributed by atoms with E-state index >= 15 is 0 Å². The summed E-state index contributed by atoms with van der Waals surface area (Å²) in [6.07, 6.45) is 4.28. The molecular formula is C22H21Cl2FN4O2S. The van der Waals surface area contributed by atoms with Crippen molar-refractivity contribution in [3.63, 3.8) is 0 Å². The highest BCUT2D eigenvalue weighted by Gasteiger charge is 2.26. The highest BCUT2D eigenvalue weighted by molar-refractivity contribution is 7.18. The maximum absolute atomic E-state index is 13.8. The number of halogens is 3. The number of aromatic nitrogens is 2. The normalized spacial score (nSPS) is 17.0. The lowest BCUT2D eigenvalue weighted by atomic mass is 9.97. The van der Waals surface area contributed by atoms with Gasteiger partial charge in [-0.2, -0.15) is 0 Å². The topological polar surface area (TPSA) is 69.3 Å². The van der Waals surface area contributed by atoms with Gasteiger partial charge in [-0.15, -0.1) is 11.3 Å². The first-order valence-electron chi connectivity index (χ1n) is 10.6. The molecule has 2 aliphatic rings. The average molecular weight is 495 g/mol. The minimum absolute atomic E-state index is 0.0578. The van der Waals surface area contributed by atoms with Gasteiger partial charge in [-0.1, -0.05) is 23.2 Å². The Kier molecular flexibility index (Phi) is 5.96. The van der Waals surface area contributed by atoms with E-state index in [1.165, 1.54) is 22.9 Å². The number of amides is 1. The van der Waals surface area contributed by atoms with Crippen LogP contribution in [0.2, 0.25) is 10.0 Å². The summed E-state index contributed by atoms with van der Waals surface area (Å²) in [5.74, 6) is -0.343. The van der Waals surface area contributed by atoms with Crippen LogP contribution >= 0.6 is 34.5 Å². The molecule has 0 saturated carbocycles. The lowest BCUT2D eigenvalue weighted by Gasteiger charge is -2.34. The second-order valence-electron chi connectivity index (χ2n) is 8.22. The Morgan fingerprint density at radius 2 is 1.88 bits per heavy atom. The molecule has 3 aromatic rings. The molecule has 0 atom stereocenters. The Bertz CT molecular complexity index is 1270. The molecule has 168 valence electrons. The molecule has 1 aromatic carbocycles. The first kappa shape index (κ1) is 21.8. The van der Waals surface area contributed by atoms with Gasteiger partial charge in [0, 0.05) is 31.1 Å². The summed E-state index contributed by atoms with van der Waals surface area (Å²) in [7, 11) is 0.